The van der Waals surface area contributed by atoms with Crippen LogP contribution in [0, 0.1) is 11.8 Å². The van der Waals surface area contributed by atoms with Crippen molar-refractivity contribution in [2.75, 3.05) is 0 Å². The van der Waals surface area contributed by atoms with Gasteiger partial charge in [-0.05, 0) is 46.5 Å². The fourth-order valence-electron chi connectivity index (χ4n) is 3.16. The molecule has 0 amide bonds. The summed E-state index contributed by atoms with van der Waals surface area (Å²) in [6.45, 7) is 11.1. The van der Waals surface area contributed by atoms with E-state index in [0.29, 0.717) is 0 Å². The van der Waals surface area contributed by atoms with E-state index in [9.17, 15) is 24.9 Å². The molecule has 0 saturated heterocycles. The van der Waals surface area contributed by atoms with E-state index in [1.807, 2.05) is 41.5 Å². The minimum absolute atomic E-state index is 0.0103. The van der Waals surface area contributed by atoms with Gasteiger partial charge in [0.15, 0.2) is 17.2 Å². The third-order valence-electron chi connectivity index (χ3n) is 4.60. The summed E-state index contributed by atoms with van der Waals surface area (Å²) in [6, 6.07) is 0. The van der Waals surface area contributed by atoms with Crippen molar-refractivity contribution in [2.24, 2.45) is 11.8 Å². The highest BCUT2D eigenvalue weighted by Crippen LogP contribution is 2.43. The van der Waals surface area contributed by atoms with Crippen molar-refractivity contribution in [3.63, 3.8) is 0 Å². The van der Waals surface area contributed by atoms with Crippen molar-refractivity contribution < 1.29 is 24.9 Å². The van der Waals surface area contributed by atoms with Crippen LogP contribution in [0.5, 0.6) is 0 Å². The summed E-state index contributed by atoms with van der Waals surface area (Å²) >= 11 is 0. The zero-order chi connectivity index (χ0) is 20.2. The molecular formula is C21H32O5. The predicted octanol–water partition coefficient (Wildman–Crippen LogP) is 3.42. The lowest BCUT2D eigenvalue weighted by molar-refractivity contribution is -0.134. The van der Waals surface area contributed by atoms with Gasteiger partial charge in [-0.25, -0.2) is 0 Å². The number of aliphatic hydroxyl groups excluding tert-OH is 2. The molecule has 1 aliphatic rings. The molecule has 0 fully saturated rings. The molecule has 0 aliphatic heterocycles. The van der Waals surface area contributed by atoms with Gasteiger partial charge in [-0.1, -0.05) is 37.1 Å². The molecule has 0 aromatic rings. The molecule has 1 rings (SSSR count). The number of ketones is 2. The first kappa shape index (κ1) is 22.3. The minimum atomic E-state index is -2.16. The Morgan fingerprint density at radius 1 is 1.15 bits per heavy atom. The van der Waals surface area contributed by atoms with E-state index in [4.69, 9.17) is 0 Å². The van der Waals surface area contributed by atoms with E-state index in [1.165, 1.54) is 0 Å². The number of hydrogen-bond acceptors (Lipinski definition) is 5. The van der Waals surface area contributed by atoms with Gasteiger partial charge in [0.1, 0.15) is 11.3 Å². The second-order valence-corrected chi connectivity index (χ2v) is 8.04. The lowest BCUT2D eigenvalue weighted by atomic mass is 9.80. The largest absolute Gasteiger partial charge is 0.508 e. The van der Waals surface area contributed by atoms with E-state index in [2.05, 4.69) is 0 Å². The van der Waals surface area contributed by atoms with Crippen molar-refractivity contribution in [3.05, 3.63) is 34.6 Å². The van der Waals surface area contributed by atoms with Gasteiger partial charge in [0.25, 0.3) is 0 Å². The zero-order valence-corrected chi connectivity index (χ0v) is 16.7. The molecule has 5 heteroatoms. The molecule has 0 aromatic carbocycles. The summed E-state index contributed by atoms with van der Waals surface area (Å²) in [4.78, 5) is 25.3. The number of rotatable bonds is 8. The van der Waals surface area contributed by atoms with Gasteiger partial charge in [0, 0.05) is 6.42 Å². The highest BCUT2D eigenvalue weighted by Gasteiger charge is 2.58. The van der Waals surface area contributed by atoms with Crippen LogP contribution in [0.2, 0.25) is 0 Å². The van der Waals surface area contributed by atoms with Crippen LogP contribution in [0.1, 0.15) is 60.8 Å². The Labute approximate surface area is 156 Å². The molecule has 146 valence electrons. The molecule has 1 aliphatic carbocycles. The maximum absolute atomic E-state index is 12.9. The van der Waals surface area contributed by atoms with Gasteiger partial charge < -0.3 is 15.3 Å². The van der Waals surface area contributed by atoms with E-state index in [0.717, 1.165) is 11.1 Å². The van der Waals surface area contributed by atoms with Gasteiger partial charge in [0.2, 0.25) is 0 Å². The van der Waals surface area contributed by atoms with Crippen LogP contribution in [0.3, 0.4) is 0 Å². The number of carbonyl (C=O) groups excluding carboxylic acids is 2. The average Bonchev–Trinajstić information content (AvgIpc) is 2.69. The van der Waals surface area contributed by atoms with Crippen molar-refractivity contribution in [3.8, 4) is 0 Å². The van der Waals surface area contributed by atoms with Crippen LogP contribution in [0.4, 0.5) is 0 Å². The fraction of sp³-hybridized carbons (Fsp3) is 0.619. The number of hydrogen-bond donors (Lipinski definition) is 3. The first-order chi connectivity index (χ1) is 11.9. The molecule has 0 radical (unpaired) electrons. The first-order valence-corrected chi connectivity index (χ1v) is 9.11. The number of aliphatic hydroxyl groups is 3. The Hall–Kier alpha value is -1.72. The van der Waals surface area contributed by atoms with Crippen LogP contribution in [0.25, 0.3) is 0 Å². The van der Waals surface area contributed by atoms with Crippen molar-refractivity contribution >= 4 is 11.6 Å². The Kier molecular flexibility index (Phi) is 7.54. The molecule has 3 atom stereocenters. The maximum atomic E-state index is 12.9. The minimum Gasteiger partial charge on any atom is -0.508 e. The summed E-state index contributed by atoms with van der Waals surface area (Å²) < 4.78 is 0. The summed E-state index contributed by atoms with van der Waals surface area (Å²) in [5.74, 6) is -2.84. The molecule has 0 aromatic heterocycles. The Bertz CT molecular complexity index is 645. The SMILES string of the molecule is CC(C)=CC[C@@H](O)[C@]1(O)C(O)=C(C(=O)CC(C)C)C(=O)[C@H]1CC=C(C)C. The Morgan fingerprint density at radius 2 is 1.69 bits per heavy atom. The van der Waals surface area contributed by atoms with Crippen molar-refractivity contribution in [1.82, 2.24) is 0 Å². The highest BCUT2D eigenvalue weighted by molar-refractivity contribution is 6.23. The third kappa shape index (κ3) is 4.71. The second-order valence-electron chi connectivity index (χ2n) is 8.04. The van der Waals surface area contributed by atoms with Gasteiger partial charge in [-0.2, -0.15) is 0 Å². The smallest absolute Gasteiger partial charge is 0.176 e. The first-order valence-electron chi connectivity index (χ1n) is 9.11. The number of carbonyl (C=O) groups is 2. The molecule has 26 heavy (non-hydrogen) atoms. The Morgan fingerprint density at radius 3 is 2.15 bits per heavy atom. The quantitative estimate of drug-likeness (QED) is 0.453. The predicted molar refractivity (Wildman–Crippen MR) is 102 cm³/mol. The van der Waals surface area contributed by atoms with Crippen molar-refractivity contribution in [1.29, 1.82) is 0 Å². The van der Waals surface area contributed by atoms with Crippen LogP contribution < -0.4 is 0 Å². The monoisotopic (exact) mass is 364 g/mol. The van der Waals surface area contributed by atoms with E-state index in [-0.39, 0.29) is 30.8 Å². The Balaban J connectivity index is 3.38. The van der Waals surface area contributed by atoms with Gasteiger partial charge in [-0.15, -0.1) is 0 Å². The molecule has 0 unspecified atom stereocenters. The lowest BCUT2D eigenvalue weighted by Crippen LogP contribution is -2.49. The molecule has 5 nitrogen and oxygen atoms in total. The van der Waals surface area contributed by atoms with Crippen LogP contribution in [-0.2, 0) is 9.59 Å². The molecular weight excluding hydrogens is 332 g/mol. The third-order valence-corrected chi connectivity index (χ3v) is 4.60. The van der Waals surface area contributed by atoms with Crippen LogP contribution in [0.15, 0.2) is 34.6 Å². The molecule has 3 N–H and O–H groups in total. The highest BCUT2D eigenvalue weighted by atomic mass is 16.4. The van der Waals surface area contributed by atoms with Crippen molar-refractivity contribution in [2.45, 2.75) is 72.5 Å². The maximum Gasteiger partial charge on any atom is 0.176 e. The standard InChI is InChI=1S/C21H32O5/c1-12(2)7-9-15-19(24)18(16(22)11-14(5)6)20(25)21(15,26)17(23)10-8-13(3)4/h7-8,14-15,17,23,25-26H,9-11H2,1-6H3/t15-,17-,21+/m1/s1. The summed E-state index contributed by atoms with van der Waals surface area (Å²) in [5.41, 5.74) is -0.626. The lowest BCUT2D eigenvalue weighted by Gasteiger charge is -2.33. The van der Waals surface area contributed by atoms with Crippen LogP contribution >= 0.6 is 0 Å². The van der Waals surface area contributed by atoms with Gasteiger partial charge >= 0.3 is 0 Å². The van der Waals surface area contributed by atoms with E-state index < -0.39 is 34.9 Å². The van der Waals surface area contributed by atoms with Gasteiger partial charge in [-0.3, -0.25) is 9.59 Å². The second kappa shape index (κ2) is 8.78. The summed E-state index contributed by atoms with van der Waals surface area (Å²) in [6.07, 6.45) is 2.43. The zero-order valence-electron chi connectivity index (χ0n) is 16.7. The van der Waals surface area contributed by atoms with E-state index in [1.54, 1.807) is 12.2 Å². The molecule has 0 heterocycles. The molecule has 0 spiro atoms. The fourth-order valence-corrected chi connectivity index (χ4v) is 3.16. The molecule has 0 saturated carbocycles. The molecule has 0 bridgehead atoms. The van der Waals surface area contributed by atoms with E-state index >= 15 is 0 Å². The van der Waals surface area contributed by atoms with Crippen LogP contribution in [-0.4, -0.2) is 38.6 Å². The normalized spacial score (nSPS) is 24.0. The number of Topliss-reactive ketones (excluding diaryl/α,β-unsaturated/α-hetero) is 2. The topological polar surface area (TPSA) is 94.8 Å². The summed E-state index contributed by atoms with van der Waals surface area (Å²) in [5, 5.41) is 32.4. The summed E-state index contributed by atoms with van der Waals surface area (Å²) in [7, 11) is 0. The number of allylic oxidation sites excluding steroid dienone is 4. The average molecular weight is 364 g/mol. The van der Waals surface area contributed by atoms with Gasteiger partial charge in [0.05, 0.1) is 12.0 Å².